The molecule has 2 heterocycles. The maximum Gasteiger partial charge on any atom is 0.261 e. The van der Waals surface area contributed by atoms with Gasteiger partial charge < -0.3 is 4.42 Å². The van der Waals surface area contributed by atoms with Crippen molar-refractivity contribution in [3.8, 4) is 11.5 Å². The second kappa shape index (κ2) is 6.44. The molecule has 0 radical (unpaired) electrons. The van der Waals surface area contributed by atoms with Gasteiger partial charge in [0.25, 0.3) is 10.0 Å². The number of anilines is 1. The van der Waals surface area contributed by atoms with Gasteiger partial charge in [-0.25, -0.2) is 13.4 Å². The van der Waals surface area contributed by atoms with Crippen LogP contribution >= 0.6 is 11.6 Å². The minimum absolute atomic E-state index is 0.146. The fourth-order valence-corrected chi connectivity index (χ4v) is 3.74. The molecular weight excluding hydrogens is 374 g/mol. The summed E-state index contributed by atoms with van der Waals surface area (Å²) in [5.41, 5.74) is 1.84. The summed E-state index contributed by atoms with van der Waals surface area (Å²) in [4.78, 5) is 8.58. The number of aromatic nitrogens is 2. The molecular formula is C18H12ClN3O3S. The zero-order valence-corrected chi connectivity index (χ0v) is 14.8. The fourth-order valence-electron chi connectivity index (χ4n) is 2.43. The third-order valence-electron chi connectivity index (χ3n) is 3.68. The molecule has 0 aliphatic rings. The minimum atomic E-state index is -3.76. The monoisotopic (exact) mass is 385 g/mol. The number of hydrogen-bond donors (Lipinski definition) is 1. The highest BCUT2D eigenvalue weighted by Crippen LogP contribution is 2.31. The highest BCUT2D eigenvalue weighted by Gasteiger charge is 2.17. The smallest absolute Gasteiger partial charge is 0.261 e. The van der Waals surface area contributed by atoms with Crippen LogP contribution in [0.15, 0.2) is 76.2 Å². The Hall–Kier alpha value is -2.90. The molecule has 8 heteroatoms. The number of benzene rings is 2. The molecule has 0 fully saturated rings. The first kappa shape index (κ1) is 16.6. The van der Waals surface area contributed by atoms with Crippen LogP contribution in [-0.4, -0.2) is 18.4 Å². The van der Waals surface area contributed by atoms with Gasteiger partial charge >= 0.3 is 0 Å². The maximum atomic E-state index is 12.5. The van der Waals surface area contributed by atoms with Crippen LogP contribution in [0.25, 0.3) is 22.7 Å². The zero-order valence-electron chi connectivity index (χ0n) is 13.3. The summed E-state index contributed by atoms with van der Waals surface area (Å²) in [6, 6.07) is 16.4. The molecule has 0 saturated heterocycles. The highest BCUT2D eigenvalue weighted by atomic mass is 35.5. The Morgan fingerprint density at radius 3 is 2.58 bits per heavy atom. The van der Waals surface area contributed by atoms with E-state index in [0.29, 0.717) is 22.7 Å². The first-order valence-corrected chi connectivity index (χ1v) is 9.48. The summed E-state index contributed by atoms with van der Waals surface area (Å²) < 4.78 is 33.2. The standard InChI is InChI=1S/C18H12ClN3O3S/c19-14-9-8-12(18-21-17-16(25-18)7-4-10-20-17)11-15(14)22-26(23,24)13-5-2-1-3-6-13/h1-11,22H. The molecule has 0 bridgehead atoms. The third-order valence-corrected chi connectivity index (χ3v) is 5.39. The molecule has 4 aromatic rings. The number of halogens is 1. The van der Waals surface area contributed by atoms with Gasteiger partial charge in [-0.2, -0.15) is 4.98 Å². The van der Waals surface area contributed by atoms with Crippen molar-refractivity contribution < 1.29 is 12.8 Å². The van der Waals surface area contributed by atoms with Crippen LogP contribution in [0.1, 0.15) is 0 Å². The van der Waals surface area contributed by atoms with Crippen molar-refractivity contribution in [1.29, 1.82) is 0 Å². The van der Waals surface area contributed by atoms with E-state index in [2.05, 4.69) is 14.7 Å². The van der Waals surface area contributed by atoms with Crippen LogP contribution in [0.2, 0.25) is 5.02 Å². The van der Waals surface area contributed by atoms with Gasteiger partial charge in [-0.1, -0.05) is 29.8 Å². The summed E-state index contributed by atoms with van der Waals surface area (Å²) >= 11 is 6.17. The number of fused-ring (bicyclic) bond motifs is 1. The molecule has 0 spiro atoms. The quantitative estimate of drug-likeness (QED) is 0.564. The molecule has 0 unspecified atom stereocenters. The molecule has 0 aliphatic carbocycles. The molecule has 0 amide bonds. The van der Waals surface area contributed by atoms with Crippen LogP contribution in [0.4, 0.5) is 5.69 Å². The molecule has 4 rings (SSSR count). The number of pyridine rings is 1. The van der Waals surface area contributed by atoms with E-state index < -0.39 is 10.0 Å². The van der Waals surface area contributed by atoms with Gasteiger partial charge in [-0.3, -0.25) is 4.72 Å². The molecule has 0 saturated carbocycles. The molecule has 130 valence electrons. The van der Waals surface area contributed by atoms with E-state index in [0.717, 1.165) is 0 Å². The van der Waals surface area contributed by atoms with Crippen molar-refractivity contribution in [2.75, 3.05) is 4.72 Å². The van der Waals surface area contributed by atoms with Crippen LogP contribution < -0.4 is 4.72 Å². The van der Waals surface area contributed by atoms with Crippen LogP contribution in [0.3, 0.4) is 0 Å². The number of hydrogen-bond acceptors (Lipinski definition) is 5. The van der Waals surface area contributed by atoms with Gasteiger partial charge in [0.1, 0.15) is 0 Å². The molecule has 0 aliphatic heterocycles. The first-order chi connectivity index (χ1) is 12.5. The second-order valence-corrected chi connectivity index (χ2v) is 7.55. The summed E-state index contributed by atoms with van der Waals surface area (Å²) in [6.45, 7) is 0. The van der Waals surface area contributed by atoms with Crippen molar-refractivity contribution in [1.82, 2.24) is 9.97 Å². The van der Waals surface area contributed by atoms with Gasteiger partial charge in [0.2, 0.25) is 5.89 Å². The van der Waals surface area contributed by atoms with Gasteiger partial charge in [0, 0.05) is 11.8 Å². The highest BCUT2D eigenvalue weighted by molar-refractivity contribution is 7.92. The van der Waals surface area contributed by atoms with E-state index in [9.17, 15) is 8.42 Å². The number of oxazole rings is 1. The van der Waals surface area contributed by atoms with E-state index in [1.54, 1.807) is 54.7 Å². The molecule has 1 N–H and O–H groups in total. The molecule has 6 nitrogen and oxygen atoms in total. The van der Waals surface area contributed by atoms with E-state index in [1.165, 1.54) is 12.1 Å². The Kier molecular flexibility index (Phi) is 4.10. The summed E-state index contributed by atoms with van der Waals surface area (Å²) in [5.74, 6) is 0.329. The summed E-state index contributed by atoms with van der Waals surface area (Å²) in [7, 11) is -3.76. The van der Waals surface area contributed by atoms with Crippen molar-refractivity contribution in [3.05, 3.63) is 71.9 Å². The number of nitrogens with zero attached hydrogens (tertiary/aromatic N) is 2. The Bertz CT molecular complexity index is 1160. The summed E-state index contributed by atoms with van der Waals surface area (Å²) in [6.07, 6.45) is 1.62. The Balaban J connectivity index is 1.73. The summed E-state index contributed by atoms with van der Waals surface area (Å²) in [5, 5.41) is 0.266. The maximum absolute atomic E-state index is 12.5. The lowest BCUT2D eigenvalue weighted by molar-refractivity contribution is 0.601. The number of rotatable bonds is 4. The van der Waals surface area contributed by atoms with Crippen molar-refractivity contribution in [2.24, 2.45) is 0 Å². The zero-order chi connectivity index (χ0) is 18.1. The predicted octanol–water partition coefficient (Wildman–Crippen LogP) is 4.34. The van der Waals surface area contributed by atoms with E-state index >= 15 is 0 Å². The molecule has 2 aromatic heterocycles. The van der Waals surface area contributed by atoms with Gasteiger partial charge in [-0.15, -0.1) is 0 Å². The van der Waals surface area contributed by atoms with E-state index in [4.69, 9.17) is 16.0 Å². The average molecular weight is 386 g/mol. The fraction of sp³-hybridized carbons (Fsp3) is 0. The van der Waals surface area contributed by atoms with Gasteiger partial charge in [0.05, 0.1) is 15.6 Å². The normalized spacial score (nSPS) is 11.6. The molecule has 0 atom stereocenters. The average Bonchev–Trinajstić information content (AvgIpc) is 3.08. The minimum Gasteiger partial charge on any atom is -0.434 e. The van der Waals surface area contributed by atoms with Gasteiger partial charge in [-0.05, 0) is 42.5 Å². The van der Waals surface area contributed by atoms with Crippen LogP contribution in [0, 0.1) is 0 Å². The topological polar surface area (TPSA) is 85.1 Å². The lowest BCUT2D eigenvalue weighted by Gasteiger charge is -2.10. The van der Waals surface area contributed by atoms with Gasteiger partial charge in [0.15, 0.2) is 11.2 Å². The number of nitrogens with one attached hydrogen (secondary N) is 1. The van der Waals surface area contributed by atoms with Crippen LogP contribution in [0.5, 0.6) is 0 Å². The molecule has 2 aromatic carbocycles. The Labute approximate surface area is 154 Å². The molecule has 26 heavy (non-hydrogen) atoms. The van der Waals surface area contributed by atoms with E-state index in [-0.39, 0.29) is 15.6 Å². The first-order valence-electron chi connectivity index (χ1n) is 7.62. The number of sulfonamides is 1. The lowest BCUT2D eigenvalue weighted by atomic mass is 10.2. The van der Waals surface area contributed by atoms with Crippen LogP contribution in [-0.2, 0) is 10.0 Å². The van der Waals surface area contributed by atoms with Crippen molar-refractivity contribution >= 4 is 38.5 Å². The lowest BCUT2D eigenvalue weighted by Crippen LogP contribution is -2.13. The second-order valence-electron chi connectivity index (χ2n) is 5.46. The third kappa shape index (κ3) is 3.14. The largest absolute Gasteiger partial charge is 0.434 e. The van der Waals surface area contributed by atoms with E-state index in [1.807, 2.05) is 0 Å². The predicted molar refractivity (Wildman–Crippen MR) is 99.5 cm³/mol. The Morgan fingerprint density at radius 1 is 1.00 bits per heavy atom. The van der Waals surface area contributed by atoms with Crippen molar-refractivity contribution in [3.63, 3.8) is 0 Å². The SMILES string of the molecule is O=S(=O)(Nc1cc(-c2nc3ncccc3o2)ccc1Cl)c1ccccc1. The Morgan fingerprint density at radius 2 is 1.81 bits per heavy atom. The van der Waals surface area contributed by atoms with Crippen molar-refractivity contribution in [2.45, 2.75) is 4.90 Å².